The van der Waals surface area contributed by atoms with E-state index < -0.39 is 0 Å². The van der Waals surface area contributed by atoms with Crippen LogP contribution in [0.3, 0.4) is 0 Å². The lowest BCUT2D eigenvalue weighted by molar-refractivity contribution is 0.0918. The summed E-state index contributed by atoms with van der Waals surface area (Å²) in [5.74, 6) is 0.654. The SMILES string of the molecule is Cn1cnc2cc(-c3noc(CNC(=O)c4ccco4)n3)ccc21. The van der Waals surface area contributed by atoms with Crippen LogP contribution in [0.5, 0.6) is 0 Å². The number of aromatic nitrogens is 4. The van der Waals surface area contributed by atoms with Crippen LogP contribution in [0.1, 0.15) is 16.4 Å². The van der Waals surface area contributed by atoms with Gasteiger partial charge in [0.1, 0.15) is 0 Å². The third-order valence-corrected chi connectivity index (χ3v) is 3.60. The molecule has 0 spiro atoms. The lowest BCUT2D eigenvalue weighted by atomic mass is 10.2. The Kier molecular flexibility index (Phi) is 3.34. The molecule has 0 saturated carbocycles. The molecular formula is C16H13N5O3. The Morgan fingerprint density at radius 2 is 2.25 bits per heavy atom. The predicted molar refractivity (Wildman–Crippen MR) is 83.9 cm³/mol. The average Bonchev–Trinajstić information content (AvgIpc) is 3.34. The van der Waals surface area contributed by atoms with Crippen molar-refractivity contribution in [3.8, 4) is 11.4 Å². The van der Waals surface area contributed by atoms with E-state index in [0.717, 1.165) is 16.6 Å². The fourth-order valence-electron chi connectivity index (χ4n) is 2.37. The highest BCUT2D eigenvalue weighted by molar-refractivity contribution is 5.91. The Morgan fingerprint density at radius 1 is 1.33 bits per heavy atom. The van der Waals surface area contributed by atoms with Crippen molar-refractivity contribution in [2.24, 2.45) is 7.05 Å². The molecule has 0 aliphatic carbocycles. The molecule has 0 bridgehead atoms. The van der Waals surface area contributed by atoms with Gasteiger partial charge in [-0.1, -0.05) is 5.16 Å². The molecule has 120 valence electrons. The summed E-state index contributed by atoms with van der Waals surface area (Å²) < 4.78 is 12.1. The van der Waals surface area contributed by atoms with E-state index in [1.54, 1.807) is 18.5 Å². The summed E-state index contributed by atoms with van der Waals surface area (Å²) in [7, 11) is 1.93. The largest absolute Gasteiger partial charge is 0.459 e. The maximum atomic E-state index is 11.8. The minimum atomic E-state index is -0.338. The molecule has 8 nitrogen and oxygen atoms in total. The Balaban J connectivity index is 1.50. The number of nitrogens with zero attached hydrogens (tertiary/aromatic N) is 4. The van der Waals surface area contributed by atoms with Gasteiger partial charge in [-0.05, 0) is 30.3 Å². The monoisotopic (exact) mass is 323 g/mol. The zero-order chi connectivity index (χ0) is 16.5. The molecule has 0 fully saturated rings. The lowest BCUT2D eigenvalue weighted by Gasteiger charge is -1.98. The zero-order valence-corrected chi connectivity index (χ0v) is 12.8. The van der Waals surface area contributed by atoms with Crippen LogP contribution in [-0.2, 0) is 13.6 Å². The molecule has 0 unspecified atom stereocenters. The number of rotatable bonds is 4. The number of hydrogen-bond acceptors (Lipinski definition) is 6. The molecule has 1 N–H and O–H groups in total. The summed E-state index contributed by atoms with van der Waals surface area (Å²) in [6, 6.07) is 8.97. The summed E-state index contributed by atoms with van der Waals surface area (Å²) in [6.45, 7) is 0.123. The Labute approximate surface area is 136 Å². The molecular weight excluding hydrogens is 310 g/mol. The number of nitrogens with one attached hydrogen (secondary N) is 1. The zero-order valence-electron chi connectivity index (χ0n) is 12.8. The van der Waals surface area contributed by atoms with Gasteiger partial charge in [0.05, 0.1) is 30.2 Å². The van der Waals surface area contributed by atoms with E-state index in [0.29, 0.717) is 11.7 Å². The molecule has 0 atom stereocenters. The number of carbonyl (C=O) groups is 1. The van der Waals surface area contributed by atoms with E-state index in [4.69, 9.17) is 8.94 Å². The number of fused-ring (bicyclic) bond motifs is 1. The average molecular weight is 323 g/mol. The van der Waals surface area contributed by atoms with Gasteiger partial charge in [-0.25, -0.2) is 4.98 Å². The van der Waals surface area contributed by atoms with Gasteiger partial charge in [0.25, 0.3) is 5.91 Å². The summed E-state index contributed by atoms with van der Waals surface area (Å²) in [4.78, 5) is 20.4. The standard InChI is InChI=1S/C16H13N5O3/c1-21-9-18-11-7-10(4-5-12(11)21)15-19-14(24-20-15)8-17-16(22)13-3-2-6-23-13/h2-7,9H,8H2,1H3,(H,17,22). The molecule has 4 aromatic rings. The van der Waals surface area contributed by atoms with E-state index in [2.05, 4.69) is 20.4 Å². The fraction of sp³-hybridized carbons (Fsp3) is 0.125. The van der Waals surface area contributed by atoms with E-state index in [1.165, 1.54) is 6.26 Å². The molecule has 1 amide bonds. The number of amides is 1. The number of imidazole rings is 1. The molecule has 3 heterocycles. The second kappa shape index (κ2) is 5.65. The van der Waals surface area contributed by atoms with Crippen molar-refractivity contribution in [2.75, 3.05) is 0 Å². The first-order valence-electron chi connectivity index (χ1n) is 7.26. The van der Waals surface area contributed by atoms with Gasteiger partial charge in [0.15, 0.2) is 5.76 Å². The molecule has 0 radical (unpaired) electrons. The highest BCUT2D eigenvalue weighted by Gasteiger charge is 2.13. The first-order valence-corrected chi connectivity index (χ1v) is 7.26. The predicted octanol–water partition coefficient (Wildman–Crippen LogP) is 2.15. The second-order valence-electron chi connectivity index (χ2n) is 5.23. The van der Waals surface area contributed by atoms with E-state index in [9.17, 15) is 4.79 Å². The number of carbonyl (C=O) groups excluding carboxylic acids is 1. The number of furan rings is 1. The second-order valence-corrected chi connectivity index (χ2v) is 5.23. The maximum absolute atomic E-state index is 11.8. The van der Waals surface area contributed by atoms with Crippen LogP contribution < -0.4 is 5.32 Å². The summed E-state index contributed by atoms with van der Waals surface area (Å²) in [6.07, 6.45) is 3.19. The van der Waals surface area contributed by atoms with Crippen molar-refractivity contribution >= 4 is 16.9 Å². The molecule has 3 aromatic heterocycles. The van der Waals surface area contributed by atoms with Crippen LogP contribution in [-0.4, -0.2) is 25.6 Å². The van der Waals surface area contributed by atoms with Gasteiger partial charge in [-0.2, -0.15) is 4.98 Å². The van der Waals surface area contributed by atoms with E-state index in [-0.39, 0.29) is 18.2 Å². The van der Waals surface area contributed by atoms with Crippen LogP contribution in [0.4, 0.5) is 0 Å². The normalized spacial score (nSPS) is 11.0. The fourth-order valence-corrected chi connectivity index (χ4v) is 2.37. The quantitative estimate of drug-likeness (QED) is 0.618. The number of aryl methyl sites for hydroxylation is 1. The van der Waals surface area contributed by atoms with Crippen LogP contribution >= 0.6 is 0 Å². The van der Waals surface area contributed by atoms with Crippen LogP contribution in [0.2, 0.25) is 0 Å². The Hall–Kier alpha value is -3.42. The van der Waals surface area contributed by atoms with Crippen molar-refractivity contribution in [1.82, 2.24) is 25.0 Å². The molecule has 24 heavy (non-hydrogen) atoms. The molecule has 4 rings (SSSR count). The Morgan fingerprint density at radius 3 is 3.08 bits per heavy atom. The minimum absolute atomic E-state index is 0.123. The smallest absolute Gasteiger partial charge is 0.287 e. The molecule has 0 aliphatic rings. The van der Waals surface area contributed by atoms with Crippen molar-refractivity contribution < 1.29 is 13.7 Å². The van der Waals surface area contributed by atoms with Gasteiger partial charge >= 0.3 is 0 Å². The summed E-state index contributed by atoms with van der Waals surface area (Å²) in [5.41, 5.74) is 2.68. The van der Waals surface area contributed by atoms with Crippen molar-refractivity contribution in [3.05, 3.63) is 54.6 Å². The van der Waals surface area contributed by atoms with Gasteiger partial charge in [0.2, 0.25) is 11.7 Å². The lowest BCUT2D eigenvalue weighted by Crippen LogP contribution is -2.22. The highest BCUT2D eigenvalue weighted by atomic mass is 16.5. The van der Waals surface area contributed by atoms with Gasteiger partial charge < -0.3 is 18.8 Å². The molecule has 1 aromatic carbocycles. The summed E-state index contributed by atoms with van der Waals surface area (Å²) in [5, 5.41) is 6.60. The van der Waals surface area contributed by atoms with Gasteiger partial charge in [0, 0.05) is 12.6 Å². The maximum Gasteiger partial charge on any atom is 0.287 e. The van der Waals surface area contributed by atoms with Gasteiger partial charge in [-0.15, -0.1) is 0 Å². The Bertz CT molecular complexity index is 1000. The molecule has 0 aliphatic heterocycles. The number of benzene rings is 1. The van der Waals surface area contributed by atoms with Crippen LogP contribution in [0.15, 0.2) is 51.9 Å². The van der Waals surface area contributed by atoms with Crippen LogP contribution in [0, 0.1) is 0 Å². The van der Waals surface area contributed by atoms with Crippen molar-refractivity contribution in [2.45, 2.75) is 6.54 Å². The first-order chi connectivity index (χ1) is 11.7. The first kappa shape index (κ1) is 14.2. The van der Waals surface area contributed by atoms with Gasteiger partial charge in [-0.3, -0.25) is 4.79 Å². The van der Waals surface area contributed by atoms with E-state index in [1.807, 2.05) is 29.8 Å². The third-order valence-electron chi connectivity index (χ3n) is 3.60. The topological polar surface area (TPSA) is 99.0 Å². The van der Waals surface area contributed by atoms with Crippen molar-refractivity contribution in [1.29, 1.82) is 0 Å². The molecule has 8 heteroatoms. The summed E-state index contributed by atoms with van der Waals surface area (Å²) >= 11 is 0. The van der Waals surface area contributed by atoms with Crippen LogP contribution in [0.25, 0.3) is 22.4 Å². The van der Waals surface area contributed by atoms with E-state index >= 15 is 0 Å². The molecule has 0 saturated heterocycles. The third kappa shape index (κ3) is 2.54. The number of hydrogen-bond donors (Lipinski definition) is 1. The van der Waals surface area contributed by atoms with Crippen molar-refractivity contribution in [3.63, 3.8) is 0 Å². The highest BCUT2D eigenvalue weighted by Crippen LogP contribution is 2.21. The minimum Gasteiger partial charge on any atom is -0.459 e.